The van der Waals surface area contributed by atoms with Gasteiger partial charge < -0.3 is 10.6 Å². The highest BCUT2D eigenvalue weighted by molar-refractivity contribution is 6.29. The maximum atomic E-state index is 12.1. The Morgan fingerprint density at radius 3 is 2.50 bits per heavy atom. The topological polar surface area (TPSA) is 54.0 Å². The van der Waals surface area contributed by atoms with E-state index in [-0.39, 0.29) is 12.1 Å². The second kappa shape index (κ2) is 7.80. The third-order valence-corrected chi connectivity index (χ3v) is 3.58. The van der Waals surface area contributed by atoms with Crippen LogP contribution in [0.1, 0.15) is 31.0 Å². The Balaban J connectivity index is 1.93. The summed E-state index contributed by atoms with van der Waals surface area (Å²) >= 11 is 5.74. The number of rotatable bonds is 5. The van der Waals surface area contributed by atoms with Crippen molar-refractivity contribution in [2.24, 2.45) is 5.92 Å². The average Bonchev–Trinajstić information content (AvgIpc) is 2.52. The molecule has 0 aliphatic heterocycles. The molecule has 2 amide bonds. The maximum absolute atomic E-state index is 12.1. The van der Waals surface area contributed by atoms with E-state index in [0.29, 0.717) is 17.6 Å². The molecule has 1 aromatic carbocycles. The molecule has 1 aromatic heterocycles. The number of benzene rings is 1. The zero-order valence-corrected chi connectivity index (χ0v) is 13.5. The van der Waals surface area contributed by atoms with Crippen LogP contribution in [0.2, 0.25) is 5.15 Å². The van der Waals surface area contributed by atoms with Crippen molar-refractivity contribution >= 4 is 17.6 Å². The highest BCUT2D eigenvalue weighted by atomic mass is 35.5. The number of hydrogen-bond donors (Lipinski definition) is 2. The van der Waals surface area contributed by atoms with Crippen molar-refractivity contribution in [3.8, 4) is 0 Å². The normalized spacial score (nSPS) is 12.0. The van der Waals surface area contributed by atoms with Crippen LogP contribution in [-0.4, -0.2) is 11.0 Å². The summed E-state index contributed by atoms with van der Waals surface area (Å²) in [5, 5.41) is 6.30. The smallest absolute Gasteiger partial charge is 0.315 e. The SMILES string of the molecule is CC(C)C(NC(=O)NCc1ccc(Cl)nc1)c1ccccc1. The van der Waals surface area contributed by atoms with E-state index in [1.165, 1.54) is 0 Å². The number of carbonyl (C=O) groups excluding carboxylic acids is 1. The van der Waals surface area contributed by atoms with Crippen molar-refractivity contribution in [3.63, 3.8) is 0 Å². The molecule has 0 saturated carbocycles. The molecule has 0 spiro atoms. The summed E-state index contributed by atoms with van der Waals surface area (Å²) in [5.74, 6) is 0.297. The second-order valence-electron chi connectivity index (χ2n) is 5.45. The van der Waals surface area contributed by atoms with Gasteiger partial charge in [0.05, 0.1) is 6.04 Å². The summed E-state index contributed by atoms with van der Waals surface area (Å²) in [4.78, 5) is 16.1. The molecule has 22 heavy (non-hydrogen) atoms. The minimum Gasteiger partial charge on any atom is -0.334 e. The minimum atomic E-state index is -0.197. The molecule has 0 fully saturated rings. The molecular weight excluding hydrogens is 298 g/mol. The molecule has 0 bridgehead atoms. The first-order valence-electron chi connectivity index (χ1n) is 7.26. The van der Waals surface area contributed by atoms with E-state index in [1.54, 1.807) is 12.3 Å². The second-order valence-corrected chi connectivity index (χ2v) is 5.84. The van der Waals surface area contributed by atoms with Gasteiger partial charge in [-0.1, -0.05) is 61.8 Å². The highest BCUT2D eigenvalue weighted by Crippen LogP contribution is 2.21. The largest absolute Gasteiger partial charge is 0.334 e. The summed E-state index contributed by atoms with van der Waals surface area (Å²) < 4.78 is 0. The van der Waals surface area contributed by atoms with Crippen molar-refractivity contribution in [2.75, 3.05) is 0 Å². The van der Waals surface area contributed by atoms with Gasteiger partial charge in [-0.25, -0.2) is 9.78 Å². The summed E-state index contributed by atoms with van der Waals surface area (Å²) in [6, 6.07) is 13.3. The predicted octanol–water partition coefficient (Wildman–Crippen LogP) is 3.93. The number of urea groups is 1. The highest BCUT2D eigenvalue weighted by Gasteiger charge is 2.17. The lowest BCUT2D eigenvalue weighted by molar-refractivity contribution is 0.232. The lowest BCUT2D eigenvalue weighted by atomic mass is 9.96. The van der Waals surface area contributed by atoms with Gasteiger partial charge in [-0.2, -0.15) is 0 Å². The molecule has 1 unspecified atom stereocenters. The standard InChI is InChI=1S/C17H20ClN3O/c1-12(2)16(14-6-4-3-5-7-14)21-17(22)20-11-13-8-9-15(18)19-10-13/h3-10,12,16H,11H2,1-2H3,(H2,20,21,22). The van der Waals surface area contributed by atoms with Crippen LogP contribution < -0.4 is 10.6 Å². The summed E-state index contributed by atoms with van der Waals surface area (Å²) in [5.41, 5.74) is 2.00. The first-order chi connectivity index (χ1) is 10.6. The Morgan fingerprint density at radius 1 is 1.18 bits per heavy atom. The molecule has 4 nitrogen and oxygen atoms in total. The average molecular weight is 318 g/mol. The fraction of sp³-hybridized carbons (Fsp3) is 0.294. The zero-order chi connectivity index (χ0) is 15.9. The molecule has 116 valence electrons. The van der Waals surface area contributed by atoms with Crippen LogP contribution in [-0.2, 0) is 6.54 Å². The van der Waals surface area contributed by atoms with E-state index in [2.05, 4.69) is 29.5 Å². The third kappa shape index (κ3) is 4.74. The minimum absolute atomic E-state index is 0.0236. The van der Waals surface area contributed by atoms with Gasteiger partial charge in [0.25, 0.3) is 0 Å². The van der Waals surface area contributed by atoms with Gasteiger partial charge in [-0.05, 0) is 23.1 Å². The quantitative estimate of drug-likeness (QED) is 0.821. The Bertz CT molecular complexity index is 599. The molecule has 0 aliphatic rings. The summed E-state index contributed by atoms with van der Waals surface area (Å²) in [7, 11) is 0. The van der Waals surface area contributed by atoms with Crippen LogP contribution in [0, 0.1) is 5.92 Å². The van der Waals surface area contributed by atoms with Crippen LogP contribution in [0.3, 0.4) is 0 Å². The number of amides is 2. The van der Waals surface area contributed by atoms with Crippen molar-refractivity contribution < 1.29 is 4.79 Å². The molecule has 2 aromatic rings. The van der Waals surface area contributed by atoms with E-state index in [4.69, 9.17) is 11.6 Å². The van der Waals surface area contributed by atoms with Crippen molar-refractivity contribution in [1.82, 2.24) is 15.6 Å². The van der Waals surface area contributed by atoms with Crippen LogP contribution >= 0.6 is 11.6 Å². The summed E-state index contributed by atoms with van der Waals surface area (Å²) in [6.07, 6.45) is 1.65. The first-order valence-corrected chi connectivity index (χ1v) is 7.64. The van der Waals surface area contributed by atoms with E-state index in [0.717, 1.165) is 11.1 Å². The van der Waals surface area contributed by atoms with E-state index < -0.39 is 0 Å². The molecule has 2 N–H and O–H groups in total. The molecule has 5 heteroatoms. The van der Waals surface area contributed by atoms with E-state index in [1.807, 2.05) is 36.4 Å². The third-order valence-electron chi connectivity index (χ3n) is 3.35. The monoisotopic (exact) mass is 317 g/mol. The van der Waals surface area contributed by atoms with Gasteiger partial charge in [-0.15, -0.1) is 0 Å². The van der Waals surface area contributed by atoms with Gasteiger partial charge in [0, 0.05) is 12.7 Å². The van der Waals surface area contributed by atoms with Gasteiger partial charge in [-0.3, -0.25) is 0 Å². The lowest BCUT2D eigenvalue weighted by Gasteiger charge is -2.23. The molecule has 1 atom stereocenters. The van der Waals surface area contributed by atoms with Crippen LogP contribution in [0.5, 0.6) is 0 Å². The van der Waals surface area contributed by atoms with Gasteiger partial charge in [0.1, 0.15) is 5.15 Å². The number of nitrogens with one attached hydrogen (secondary N) is 2. The number of nitrogens with zero attached hydrogens (tertiary/aromatic N) is 1. The lowest BCUT2D eigenvalue weighted by Crippen LogP contribution is -2.39. The summed E-state index contributed by atoms with van der Waals surface area (Å²) in [6.45, 7) is 4.58. The Kier molecular flexibility index (Phi) is 5.78. The van der Waals surface area contributed by atoms with Crippen LogP contribution in [0.15, 0.2) is 48.7 Å². The zero-order valence-electron chi connectivity index (χ0n) is 12.7. The van der Waals surface area contributed by atoms with Gasteiger partial charge in [0.2, 0.25) is 0 Å². The van der Waals surface area contributed by atoms with Crippen molar-refractivity contribution in [2.45, 2.75) is 26.4 Å². The first kappa shape index (κ1) is 16.3. The number of halogens is 1. The fourth-order valence-electron chi connectivity index (χ4n) is 2.18. The molecule has 0 radical (unpaired) electrons. The Morgan fingerprint density at radius 2 is 1.91 bits per heavy atom. The van der Waals surface area contributed by atoms with Gasteiger partial charge in [0.15, 0.2) is 0 Å². The molecule has 1 heterocycles. The van der Waals surface area contributed by atoms with Crippen LogP contribution in [0.4, 0.5) is 4.79 Å². The molecule has 0 saturated heterocycles. The predicted molar refractivity (Wildman–Crippen MR) is 88.6 cm³/mol. The molecule has 0 aliphatic carbocycles. The van der Waals surface area contributed by atoms with E-state index in [9.17, 15) is 4.79 Å². The van der Waals surface area contributed by atoms with Crippen molar-refractivity contribution in [3.05, 3.63) is 64.9 Å². The Labute approximate surface area is 135 Å². The van der Waals surface area contributed by atoms with E-state index >= 15 is 0 Å². The molecule has 2 rings (SSSR count). The maximum Gasteiger partial charge on any atom is 0.315 e. The van der Waals surface area contributed by atoms with Crippen molar-refractivity contribution in [1.29, 1.82) is 0 Å². The van der Waals surface area contributed by atoms with Crippen LogP contribution in [0.25, 0.3) is 0 Å². The molecular formula is C17H20ClN3O. The van der Waals surface area contributed by atoms with Gasteiger partial charge >= 0.3 is 6.03 Å². The fourth-order valence-corrected chi connectivity index (χ4v) is 2.29. The Hall–Kier alpha value is -2.07. The number of pyridine rings is 1. The number of aromatic nitrogens is 1. The number of hydrogen-bond acceptors (Lipinski definition) is 2. The number of carbonyl (C=O) groups is 1.